The van der Waals surface area contributed by atoms with Crippen LogP contribution in [0.1, 0.15) is 33.4 Å². The van der Waals surface area contributed by atoms with Crippen LogP contribution in [0.5, 0.6) is 11.5 Å². The zero-order chi connectivity index (χ0) is 30.6. The number of methoxy groups -OCH3 is 2. The average Bonchev–Trinajstić information content (AvgIpc) is 3.41. The summed E-state index contributed by atoms with van der Waals surface area (Å²) in [7, 11) is 3.36. The van der Waals surface area contributed by atoms with Crippen molar-refractivity contribution >= 4 is 23.8 Å². The SMILES string of the molecule is COc1ccccc1C=Nc1ccc(C2(c3ccc(N=Cc4ccccc4OC)cc3)c3ccccc3-c3ccccc32)cc1. The highest BCUT2D eigenvalue weighted by Crippen LogP contribution is 2.56. The van der Waals surface area contributed by atoms with E-state index < -0.39 is 5.41 Å². The fourth-order valence-corrected chi connectivity index (χ4v) is 6.45. The molecule has 1 aliphatic carbocycles. The molecule has 0 fully saturated rings. The first-order valence-corrected chi connectivity index (χ1v) is 15.0. The number of aliphatic imine (C=N–C) groups is 2. The van der Waals surface area contributed by atoms with Gasteiger partial charge in [-0.05, 0) is 81.9 Å². The molecule has 0 saturated carbocycles. The number of nitrogens with zero attached hydrogens (tertiary/aromatic N) is 2. The minimum absolute atomic E-state index is 0.497. The van der Waals surface area contributed by atoms with Gasteiger partial charge in [0.25, 0.3) is 0 Å². The predicted octanol–water partition coefficient (Wildman–Crippen LogP) is 9.57. The van der Waals surface area contributed by atoms with E-state index in [1.54, 1.807) is 14.2 Å². The van der Waals surface area contributed by atoms with Crippen molar-refractivity contribution in [1.29, 1.82) is 0 Å². The normalized spacial score (nSPS) is 13.1. The molecule has 218 valence electrons. The van der Waals surface area contributed by atoms with Crippen LogP contribution in [0.25, 0.3) is 11.1 Å². The van der Waals surface area contributed by atoms with Crippen LogP contribution < -0.4 is 9.47 Å². The summed E-state index contributed by atoms with van der Waals surface area (Å²) in [6.07, 6.45) is 3.71. The Balaban J connectivity index is 1.32. The summed E-state index contributed by atoms with van der Waals surface area (Å²) in [5.74, 6) is 1.60. The Morgan fingerprint density at radius 1 is 0.444 bits per heavy atom. The molecule has 0 unspecified atom stereocenters. The molecule has 0 radical (unpaired) electrons. The third-order valence-electron chi connectivity index (χ3n) is 8.54. The lowest BCUT2D eigenvalue weighted by Crippen LogP contribution is -2.28. The van der Waals surface area contributed by atoms with E-state index >= 15 is 0 Å². The van der Waals surface area contributed by atoms with E-state index in [1.165, 1.54) is 33.4 Å². The van der Waals surface area contributed by atoms with Crippen LogP contribution in [0.15, 0.2) is 156 Å². The molecule has 7 rings (SSSR count). The van der Waals surface area contributed by atoms with Gasteiger partial charge in [-0.15, -0.1) is 0 Å². The maximum absolute atomic E-state index is 5.50. The maximum atomic E-state index is 5.50. The van der Waals surface area contributed by atoms with E-state index in [-0.39, 0.29) is 0 Å². The first-order chi connectivity index (χ1) is 22.2. The van der Waals surface area contributed by atoms with Gasteiger partial charge in [-0.2, -0.15) is 0 Å². The van der Waals surface area contributed by atoms with Crippen molar-refractivity contribution in [2.24, 2.45) is 9.98 Å². The van der Waals surface area contributed by atoms with Gasteiger partial charge in [0.2, 0.25) is 0 Å². The van der Waals surface area contributed by atoms with Crippen molar-refractivity contribution in [2.75, 3.05) is 14.2 Å². The molecule has 0 N–H and O–H groups in total. The average molecular weight is 585 g/mol. The van der Waals surface area contributed by atoms with Gasteiger partial charge >= 0.3 is 0 Å². The van der Waals surface area contributed by atoms with Crippen LogP contribution in [0.2, 0.25) is 0 Å². The van der Waals surface area contributed by atoms with Crippen molar-refractivity contribution in [1.82, 2.24) is 0 Å². The summed E-state index contributed by atoms with van der Waals surface area (Å²) in [5.41, 5.74) is 10.5. The van der Waals surface area contributed by atoms with Gasteiger partial charge in [0.05, 0.1) is 31.0 Å². The van der Waals surface area contributed by atoms with Gasteiger partial charge < -0.3 is 9.47 Å². The summed E-state index contributed by atoms with van der Waals surface area (Å²) in [6.45, 7) is 0. The van der Waals surface area contributed by atoms with Crippen LogP contribution in [-0.4, -0.2) is 26.6 Å². The minimum Gasteiger partial charge on any atom is -0.496 e. The first-order valence-electron chi connectivity index (χ1n) is 15.0. The monoisotopic (exact) mass is 584 g/mol. The van der Waals surface area contributed by atoms with Crippen molar-refractivity contribution in [2.45, 2.75) is 5.41 Å². The largest absolute Gasteiger partial charge is 0.496 e. The molecule has 45 heavy (non-hydrogen) atoms. The van der Waals surface area contributed by atoms with Crippen LogP contribution in [0.3, 0.4) is 0 Å². The van der Waals surface area contributed by atoms with E-state index in [0.717, 1.165) is 34.0 Å². The molecule has 6 aromatic carbocycles. The van der Waals surface area contributed by atoms with Crippen LogP contribution >= 0.6 is 0 Å². The topological polar surface area (TPSA) is 43.2 Å². The number of fused-ring (bicyclic) bond motifs is 3. The Labute approximate surface area is 264 Å². The molecule has 0 atom stereocenters. The predicted molar refractivity (Wildman–Crippen MR) is 184 cm³/mol. The van der Waals surface area contributed by atoms with Crippen LogP contribution in [0.4, 0.5) is 11.4 Å². The lowest BCUT2D eigenvalue weighted by Gasteiger charge is -2.34. The fourth-order valence-electron chi connectivity index (χ4n) is 6.45. The number of benzene rings is 6. The number of rotatable bonds is 8. The Bertz CT molecular complexity index is 1880. The first kappa shape index (κ1) is 28.1. The lowest BCUT2D eigenvalue weighted by molar-refractivity contribution is 0.414. The van der Waals surface area contributed by atoms with Crippen LogP contribution in [0, 0.1) is 0 Å². The molecular formula is C41H32N2O2. The minimum atomic E-state index is -0.497. The Kier molecular flexibility index (Phi) is 7.54. The molecule has 0 bridgehead atoms. The third kappa shape index (κ3) is 5.00. The molecule has 0 spiro atoms. The molecule has 1 aliphatic rings. The standard InChI is InChI=1S/C41H32N2O2/c1-44-39-17-9-3-11-29(39)27-42-33-23-19-31(20-24-33)41(37-15-7-5-13-35(37)36-14-6-8-16-38(36)41)32-21-25-34(26-22-32)43-28-30-12-4-10-18-40(30)45-2/h3-28H,1-2H3. The number of hydrogen-bond donors (Lipinski definition) is 0. The van der Waals surface area contributed by atoms with Crippen LogP contribution in [-0.2, 0) is 5.41 Å². The van der Waals surface area contributed by atoms with E-state index in [2.05, 4.69) is 97.1 Å². The highest BCUT2D eigenvalue weighted by Gasteiger charge is 2.45. The van der Waals surface area contributed by atoms with E-state index in [1.807, 2.05) is 61.0 Å². The van der Waals surface area contributed by atoms with Gasteiger partial charge in [0.15, 0.2) is 0 Å². The van der Waals surface area contributed by atoms with Gasteiger partial charge in [-0.25, -0.2) is 0 Å². The second-order valence-corrected chi connectivity index (χ2v) is 10.9. The van der Waals surface area contributed by atoms with E-state index in [4.69, 9.17) is 19.5 Å². The Morgan fingerprint density at radius 2 is 0.822 bits per heavy atom. The highest BCUT2D eigenvalue weighted by atomic mass is 16.5. The second kappa shape index (κ2) is 12.1. The molecule has 0 aliphatic heterocycles. The second-order valence-electron chi connectivity index (χ2n) is 10.9. The summed E-state index contributed by atoms with van der Waals surface area (Å²) < 4.78 is 11.0. The summed E-state index contributed by atoms with van der Waals surface area (Å²) in [6, 6.07) is 50.5. The molecule has 4 heteroatoms. The van der Waals surface area contributed by atoms with Gasteiger partial charge in [-0.1, -0.05) is 97.1 Å². The van der Waals surface area contributed by atoms with Crippen molar-refractivity contribution < 1.29 is 9.47 Å². The Morgan fingerprint density at radius 3 is 1.24 bits per heavy atom. The summed E-state index contributed by atoms with van der Waals surface area (Å²) >= 11 is 0. The van der Waals surface area contributed by atoms with Crippen molar-refractivity contribution in [3.8, 4) is 22.6 Å². The zero-order valence-electron chi connectivity index (χ0n) is 25.2. The third-order valence-corrected chi connectivity index (χ3v) is 8.54. The molecule has 0 saturated heterocycles. The molecule has 0 heterocycles. The van der Waals surface area contributed by atoms with Crippen molar-refractivity contribution in [3.05, 3.63) is 179 Å². The Hall–Kier alpha value is -5.74. The number of ether oxygens (including phenoxy) is 2. The molecule has 0 amide bonds. The highest BCUT2D eigenvalue weighted by molar-refractivity contribution is 5.88. The summed E-state index contributed by atoms with van der Waals surface area (Å²) in [5, 5.41) is 0. The lowest BCUT2D eigenvalue weighted by atomic mass is 9.67. The van der Waals surface area contributed by atoms with Gasteiger partial charge in [-0.3, -0.25) is 9.98 Å². The smallest absolute Gasteiger partial charge is 0.127 e. The molecule has 0 aromatic heterocycles. The zero-order valence-corrected chi connectivity index (χ0v) is 25.2. The van der Waals surface area contributed by atoms with Crippen molar-refractivity contribution in [3.63, 3.8) is 0 Å². The van der Waals surface area contributed by atoms with E-state index in [9.17, 15) is 0 Å². The summed E-state index contributed by atoms with van der Waals surface area (Å²) in [4.78, 5) is 9.55. The molecule has 6 aromatic rings. The van der Waals surface area contributed by atoms with Gasteiger partial charge in [0.1, 0.15) is 11.5 Å². The van der Waals surface area contributed by atoms with E-state index in [0.29, 0.717) is 0 Å². The van der Waals surface area contributed by atoms with Gasteiger partial charge in [0, 0.05) is 23.6 Å². The number of para-hydroxylation sites is 2. The number of hydrogen-bond acceptors (Lipinski definition) is 4. The molecule has 4 nitrogen and oxygen atoms in total. The quantitative estimate of drug-likeness (QED) is 0.167. The fraction of sp³-hybridized carbons (Fsp3) is 0.0732. The molecular weight excluding hydrogens is 552 g/mol. The maximum Gasteiger partial charge on any atom is 0.127 e.